The molecule has 0 fully saturated rings. The van der Waals surface area contributed by atoms with Crippen LogP contribution in [0.4, 0.5) is 4.39 Å². The third-order valence-corrected chi connectivity index (χ3v) is 8.09. The van der Waals surface area contributed by atoms with Gasteiger partial charge in [0.25, 0.3) is 15.9 Å². The highest BCUT2D eigenvalue weighted by Gasteiger charge is 2.25. The van der Waals surface area contributed by atoms with E-state index in [1.54, 1.807) is 29.7 Å². The average Bonchev–Trinajstić information content (AvgIpc) is 3.49. The second kappa shape index (κ2) is 8.51. The molecule has 0 aliphatic carbocycles. The van der Waals surface area contributed by atoms with Crippen molar-refractivity contribution in [2.75, 3.05) is 7.05 Å². The van der Waals surface area contributed by atoms with Gasteiger partial charge in [-0.25, -0.2) is 16.8 Å². The summed E-state index contributed by atoms with van der Waals surface area (Å²) in [5.74, 6) is -1.08. The normalized spacial score (nSPS) is 11.6. The van der Waals surface area contributed by atoms with Crippen LogP contribution in [0.5, 0.6) is 0 Å². The van der Waals surface area contributed by atoms with E-state index >= 15 is 0 Å². The molecule has 0 radical (unpaired) electrons. The SMILES string of the molecule is CNC(=O)c1cc(-c2ccccc2F)n(S(=O)(=O)c2cncc(-c3csc4ccccc34)c2)c1. The van der Waals surface area contributed by atoms with Gasteiger partial charge in [0.15, 0.2) is 0 Å². The molecule has 0 bridgehead atoms. The van der Waals surface area contributed by atoms with Crippen LogP contribution in [0.3, 0.4) is 0 Å². The molecule has 170 valence electrons. The Bertz CT molecular complexity index is 1660. The molecule has 0 saturated carbocycles. The van der Waals surface area contributed by atoms with Crippen molar-refractivity contribution in [3.63, 3.8) is 0 Å². The van der Waals surface area contributed by atoms with Gasteiger partial charge in [-0.3, -0.25) is 9.78 Å². The molecular formula is C25H18FN3O3S2. The van der Waals surface area contributed by atoms with Gasteiger partial charge in [-0.1, -0.05) is 30.3 Å². The van der Waals surface area contributed by atoms with E-state index in [9.17, 15) is 17.6 Å². The van der Waals surface area contributed by atoms with Crippen molar-refractivity contribution < 1.29 is 17.6 Å². The lowest BCUT2D eigenvalue weighted by atomic mass is 10.1. The monoisotopic (exact) mass is 491 g/mol. The maximum atomic E-state index is 14.6. The zero-order chi connectivity index (χ0) is 23.9. The van der Waals surface area contributed by atoms with E-state index in [-0.39, 0.29) is 21.7 Å². The Morgan fingerprint density at radius 2 is 1.79 bits per heavy atom. The molecule has 6 nitrogen and oxygen atoms in total. The van der Waals surface area contributed by atoms with Gasteiger partial charge in [-0.15, -0.1) is 11.3 Å². The minimum absolute atomic E-state index is 0.0445. The van der Waals surface area contributed by atoms with Crippen LogP contribution in [0, 0.1) is 5.82 Å². The van der Waals surface area contributed by atoms with Crippen molar-refractivity contribution in [3.05, 3.63) is 96.0 Å². The van der Waals surface area contributed by atoms with Crippen LogP contribution in [0.2, 0.25) is 0 Å². The molecule has 0 atom stereocenters. The first kappa shape index (κ1) is 22.0. The summed E-state index contributed by atoms with van der Waals surface area (Å²) < 4.78 is 44.1. The molecule has 0 unspecified atom stereocenters. The van der Waals surface area contributed by atoms with Crippen LogP contribution in [-0.2, 0) is 10.0 Å². The molecule has 1 N–H and O–H groups in total. The van der Waals surface area contributed by atoms with E-state index < -0.39 is 21.7 Å². The molecule has 0 spiro atoms. The number of thiophene rings is 1. The van der Waals surface area contributed by atoms with E-state index in [0.29, 0.717) is 5.56 Å². The quantitative estimate of drug-likeness (QED) is 0.368. The molecule has 0 saturated heterocycles. The topological polar surface area (TPSA) is 81.1 Å². The molecule has 34 heavy (non-hydrogen) atoms. The summed E-state index contributed by atoms with van der Waals surface area (Å²) in [7, 11) is -2.77. The number of benzene rings is 2. The molecule has 5 rings (SSSR count). The summed E-state index contributed by atoms with van der Waals surface area (Å²) in [5.41, 5.74) is 1.72. The highest BCUT2D eigenvalue weighted by atomic mass is 32.2. The Hall–Kier alpha value is -3.82. The Morgan fingerprint density at radius 3 is 2.59 bits per heavy atom. The molecule has 5 aromatic rings. The van der Waals surface area contributed by atoms with E-state index in [2.05, 4.69) is 10.3 Å². The van der Waals surface area contributed by atoms with Gasteiger partial charge in [-0.2, -0.15) is 0 Å². The Labute approximate surface area is 199 Å². The number of nitrogens with zero attached hydrogens (tertiary/aromatic N) is 2. The number of carbonyl (C=O) groups is 1. The number of hydrogen-bond acceptors (Lipinski definition) is 5. The predicted molar refractivity (Wildman–Crippen MR) is 131 cm³/mol. The molecule has 3 aromatic heterocycles. The fourth-order valence-electron chi connectivity index (χ4n) is 3.80. The Morgan fingerprint density at radius 1 is 1.03 bits per heavy atom. The summed E-state index contributed by atoms with van der Waals surface area (Å²) in [6, 6.07) is 16.6. The van der Waals surface area contributed by atoms with Crippen molar-refractivity contribution in [1.82, 2.24) is 14.3 Å². The van der Waals surface area contributed by atoms with Gasteiger partial charge >= 0.3 is 0 Å². The van der Waals surface area contributed by atoms with Gasteiger partial charge in [0.1, 0.15) is 10.7 Å². The van der Waals surface area contributed by atoms with Crippen molar-refractivity contribution in [2.24, 2.45) is 0 Å². The molecular weight excluding hydrogens is 473 g/mol. The van der Waals surface area contributed by atoms with Crippen LogP contribution >= 0.6 is 11.3 Å². The fraction of sp³-hybridized carbons (Fsp3) is 0.0400. The number of nitrogens with one attached hydrogen (secondary N) is 1. The number of carbonyl (C=O) groups excluding carboxylic acids is 1. The number of hydrogen-bond donors (Lipinski definition) is 1. The zero-order valence-corrected chi connectivity index (χ0v) is 19.5. The standard InChI is InChI=1S/C25H18FN3O3S2/c1-27-25(30)17-11-23(20-7-2-4-8-22(20)26)29(14-17)34(31,32)18-10-16(12-28-13-18)21-15-33-24-9-5-3-6-19(21)24/h2-15H,1H3,(H,27,30). The third kappa shape index (κ3) is 3.68. The second-order valence-electron chi connectivity index (χ2n) is 7.53. The van der Waals surface area contributed by atoms with Crippen LogP contribution in [0.25, 0.3) is 32.5 Å². The number of pyridine rings is 1. The molecule has 0 aliphatic heterocycles. The van der Waals surface area contributed by atoms with Crippen LogP contribution < -0.4 is 5.32 Å². The van der Waals surface area contributed by atoms with E-state index in [0.717, 1.165) is 19.6 Å². The van der Waals surface area contributed by atoms with Gasteiger partial charge in [0.05, 0.1) is 11.3 Å². The number of fused-ring (bicyclic) bond motifs is 1. The van der Waals surface area contributed by atoms with E-state index in [1.165, 1.54) is 43.7 Å². The predicted octanol–water partition coefficient (Wildman–Crippen LogP) is 5.17. The lowest BCUT2D eigenvalue weighted by Gasteiger charge is -2.12. The number of amides is 1. The van der Waals surface area contributed by atoms with Crippen LogP contribution in [-0.4, -0.2) is 30.3 Å². The van der Waals surface area contributed by atoms with Crippen molar-refractivity contribution >= 4 is 37.4 Å². The van der Waals surface area contributed by atoms with Crippen LogP contribution in [0.1, 0.15) is 10.4 Å². The van der Waals surface area contributed by atoms with Crippen molar-refractivity contribution in [1.29, 1.82) is 0 Å². The number of halogens is 1. The highest BCUT2D eigenvalue weighted by Crippen LogP contribution is 2.35. The van der Waals surface area contributed by atoms with Gasteiger partial charge in [0.2, 0.25) is 0 Å². The number of aromatic nitrogens is 2. The molecule has 2 aromatic carbocycles. The zero-order valence-electron chi connectivity index (χ0n) is 17.9. The van der Waals surface area contributed by atoms with Crippen molar-refractivity contribution in [3.8, 4) is 22.4 Å². The van der Waals surface area contributed by atoms with Gasteiger partial charge < -0.3 is 5.32 Å². The average molecular weight is 492 g/mol. The maximum absolute atomic E-state index is 14.6. The lowest BCUT2D eigenvalue weighted by molar-refractivity contribution is 0.0963. The Kier molecular flexibility index (Phi) is 5.51. The first-order valence-corrected chi connectivity index (χ1v) is 12.6. The minimum atomic E-state index is -4.21. The van der Waals surface area contributed by atoms with Gasteiger partial charge in [-0.05, 0) is 35.7 Å². The minimum Gasteiger partial charge on any atom is -0.355 e. The first-order chi connectivity index (χ1) is 16.4. The summed E-state index contributed by atoms with van der Waals surface area (Å²) in [6.07, 6.45) is 4.05. The summed E-state index contributed by atoms with van der Waals surface area (Å²) in [4.78, 5) is 16.4. The smallest absolute Gasteiger partial charge is 0.269 e. The fourth-order valence-corrected chi connectivity index (χ4v) is 6.13. The Balaban J connectivity index is 1.68. The lowest BCUT2D eigenvalue weighted by Crippen LogP contribution is -2.17. The van der Waals surface area contributed by atoms with Crippen molar-refractivity contribution in [2.45, 2.75) is 4.90 Å². The maximum Gasteiger partial charge on any atom is 0.269 e. The molecule has 3 heterocycles. The van der Waals surface area contributed by atoms with E-state index in [4.69, 9.17) is 0 Å². The number of rotatable bonds is 5. The second-order valence-corrected chi connectivity index (χ2v) is 10.3. The first-order valence-electron chi connectivity index (χ1n) is 10.3. The third-order valence-electron chi connectivity index (χ3n) is 5.49. The van der Waals surface area contributed by atoms with Gasteiger partial charge in [0, 0.05) is 52.4 Å². The van der Waals surface area contributed by atoms with Crippen LogP contribution in [0.15, 0.2) is 89.5 Å². The highest BCUT2D eigenvalue weighted by molar-refractivity contribution is 7.90. The molecule has 0 aliphatic rings. The summed E-state index contributed by atoms with van der Waals surface area (Å²) >= 11 is 1.56. The summed E-state index contributed by atoms with van der Waals surface area (Å²) in [6.45, 7) is 0. The van der Waals surface area contributed by atoms with E-state index in [1.807, 2.05) is 29.6 Å². The molecule has 1 amide bonds. The molecule has 9 heteroatoms. The summed E-state index contributed by atoms with van der Waals surface area (Å²) in [5, 5.41) is 5.43. The largest absolute Gasteiger partial charge is 0.355 e.